The maximum atomic E-state index is 14.2. The number of thiophene rings is 1. The number of hydrogen-bond donors (Lipinski definition) is 2. The third-order valence-electron chi connectivity index (χ3n) is 6.55. The molecule has 0 aliphatic rings. The van der Waals surface area contributed by atoms with E-state index >= 15 is 0 Å². The zero-order valence-corrected chi connectivity index (χ0v) is 23.9. The normalized spacial score (nSPS) is 11.7. The molecule has 0 saturated heterocycles. The number of nitrogens with one attached hydrogen (secondary N) is 1. The first-order valence-corrected chi connectivity index (χ1v) is 13.9. The minimum absolute atomic E-state index is 0.107. The molecule has 0 bridgehead atoms. The molecule has 2 aromatic carbocycles. The zero-order chi connectivity index (χ0) is 30.0. The summed E-state index contributed by atoms with van der Waals surface area (Å²) in [7, 11) is 1.45. The first-order valence-electron chi connectivity index (χ1n) is 12.7. The van der Waals surface area contributed by atoms with Gasteiger partial charge in [-0.05, 0) is 54.3 Å². The minimum atomic E-state index is -0.957. The van der Waals surface area contributed by atoms with Gasteiger partial charge in [-0.1, -0.05) is 29.8 Å². The van der Waals surface area contributed by atoms with E-state index in [-0.39, 0.29) is 17.7 Å². The molecule has 3 aromatic heterocycles. The van der Waals surface area contributed by atoms with Gasteiger partial charge < -0.3 is 15.8 Å². The molecule has 2 amide bonds. The first-order chi connectivity index (χ1) is 20.2. The molecule has 0 spiro atoms. The molecule has 0 saturated carbocycles. The van der Waals surface area contributed by atoms with Crippen molar-refractivity contribution < 1.29 is 18.7 Å². The van der Waals surface area contributed by atoms with E-state index < -0.39 is 29.2 Å². The fourth-order valence-electron chi connectivity index (χ4n) is 4.51. The number of rotatable bonds is 9. The van der Waals surface area contributed by atoms with Crippen LogP contribution in [0.1, 0.15) is 29.7 Å². The van der Waals surface area contributed by atoms with Crippen LogP contribution in [0, 0.1) is 5.82 Å². The SMILES string of the molecule is CC[C@@H](C(=O)Nc1ccc(C(N)=O)c(F)c1)n1cc(OC)c(-c2cc(Cl)ccc2-n2cc(-c3cccs3)nn2)cc1=O. The predicted octanol–water partition coefficient (Wildman–Crippen LogP) is 5.31. The molecule has 0 aliphatic carbocycles. The Morgan fingerprint density at radius 1 is 1.14 bits per heavy atom. The van der Waals surface area contributed by atoms with Crippen LogP contribution in [0.3, 0.4) is 0 Å². The van der Waals surface area contributed by atoms with Crippen molar-refractivity contribution in [3.63, 3.8) is 0 Å². The topological polar surface area (TPSA) is 134 Å². The van der Waals surface area contributed by atoms with Gasteiger partial charge in [0.2, 0.25) is 5.91 Å². The summed E-state index contributed by atoms with van der Waals surface area (Å²) < 4.78 is 22.7. The van der Waals surface area contributed by atoms with Crippen LogP contribution in [-0.4, -0.2) is 38.5 Å². The standard InChI is InChI=1S/C29H24ClFN6O4S/c1-3-23(29(40)33-17-7-8-18(28(32)39)21(31)12-17)36-15-25(41-2)20(13-27(36)38)19-11-16(30)6-9-24(19)37-14-22(34-35-37)26-5-4-10-42-26/h4-15,23H,3H2,1-2H3,(H2,32,39)(H,33,40)/t23-/m0/s1. The number of halogens is 2. The summed E-state index contributed by atoms with van der Waals surface area (Å²) in [6.07, 6.45) is 3.47. The number of methoxy groups -OCH3 is 1. The number of amides is 2. The Kier molecular flexibility index (Phi) is 8.18. The Hall–Kier alpha value is -4.81. The molecule has 0 unspecified atom stereocenters. The van der Waals surface area contributed by atoms with Gasteiger partial charge in [-0.3, -0.25) is 19.0 Å². The van der Waals surface area contributed by atoms with Crippen molar-refractivity contribution in [1.82, 2.24) is 19.6 Å². The summed E-state index contributed by atoms with van der Waals surface area (Å²) in [5.41, 5.74) is 6.77. The largest absolute Gasteiger partial charge is 0.495 e. The van der Waals surface area contributed by atoms with E-state index in [0.717, 1.165) is 10.9 Å². The number of pyridine rings is 1. The average Bonchev–Trinajstić information content (AvgIpc) is 3.67. The average molecular weight is 607 g/mol. The van der Waals surface area contributed by atoms with E-state index in [9.17, 15) is 18.8 Å². The van der Waals surface area contributed by atoms with Gasteiger partial charge in [0, 0.05) is 27.9 Å². The molecule has 10 nitrogen and oxygen atoms in total. The lowest BCUT2D eigenvalue weighted by atomic mass is 10.0. The van der Waals surface area contributed by atoms with Crippen molar-refractivity contribution in [1.29, 1.82) is 0 Å². The summed E-state index contributed by atoms with van der Waals surface area (Å²) in [6, 6.07) is 13.0. The van der Waals surface area contributed by atoms with Crippen LogP contribution in [0.15, 0.2) is 77.2 Å². The van der Waals surface area contributed by atoms with Gasteiger partial charge in [-0.15, -0.1) is 16.4 Å². The van der Waals surface area contributed by atoms with Gasteiger partial charge in [-0.25, -0.2) is 9.07 Å². The van der Waals surface area contributed by atoms with E-state index in [1.165, 1.54) is 47.4 Å². The van der Waals surface area contributed by atoms with E-state index in [1.54, 1.807) is 36.0 Å². The second-order valence-electron chi connectivity index (χ2n) is 9.16. The van der Waals surface area contributed by atoms with Crippen LogP contribution in [0.5, 0.6) is 5.75 Å². The summed E-state index contributed by atoms with van der Waals surface area (Å²) in [4.78, 5) is 38.9. The number of carbonyl (C=O) groups is 2. The Labute approximate surface area is 248 Å². The number of aromatic nitrogens is 4. The lowest BCUT2D eigenvalue weighted by Crippen LogP contribution is -2.32. The van der Waals surface area contributed by atoms with Crippen LogP contribution in [0.25, 0.3) is 27.4 Å². The van der Waals surface area contributed by atoms with Crippen molar-refractivity contribution in [3.05, 3.63) is 99.1 Å². The lowest BCUT2D eigenvalue weighted by molar-refractivity contribution is -0.119. The van der Waals surface area contributed by atoms with E-state index in [2.05, 4.69) is 15.6 Å². The Bertz CT molecular complexity index is 1850. The molecular formula is C29H24ClFN6O4S. The highest BCUT2D eigenvalue weighted by atomic mass is 35.5. The van der Waals surface area contributed by atoms with Gasteiger partial charge in [0.05, 0.1) is 35.6 Å². The number of primary amides is 1. The van der Waals surface area contributed by atoms with Gasteiger partial charge in [-0.2, -0.15) is 0 Å². The van der Waals surface area contributed by atoms with Crippen LogP contribution < -0.4 is 21.3 Å². The predicted molar refractivity (Wildman–Crippen MR) is 159 cm³/mol. The smallest absolute Gasteiger partial charge is 0.252 e. The third kappa shape index (κ3) is 5.67. The number of anilines is 1. The van der Waals surface area contributed by atoms with Crippen molar-refractivity contribution in [2.75, 3.05) is 12.4 Å². The number of nitrogens with zero attached hydrogens (tertiary/aromatic N) is 4. The van der Waals surface area contributed by atoms with Gasteiger partial charge in [0.25, 0.3) is 11.5 Å². The number of benzene rings is 2. The van der Waals surface area contributed by atoms with Crippen LogP contribution in [-0.2, 0) is 4.79 Å². The first kappa shape index (κ1) is 28.7. The maximum absolute atomic E-state index is 14.2. The molecule has 0 fully saturated rings. The Morgan fingerprint density at radius 3 is 2.62 bits per heavy atom. The second-order valence-corrected chi connectivity index (χ2v) is 10.5. The summed E-state index contributed by atoms with van der Waals surface area (Å²) in [5, 5.41) is 13.5. The molecule has 0 radical (unpaired) electrons. The fraction of sp³-hybridized carbons (Fsp3) is 0.138. The van der Waals surface area contributed by atoms with Crippen molar-refractivity contribution in [3.8, 4) is 33.1 Å². The minimum Gasteiger partial charge on any atom is -0.495 e. The number of hydrogen-bond acceptors (Lipinski definition) is 7. The molecule has 5 rings (SSSR count). The maximum Gasteiger partial charge on any atom is 0.252 e. The molecule has 0 aliphatic heterocycles. The Balaban J connectivity index is 1.51. The van der Waals surface area contributed by atoms with E-state index in [0.29, 0.717) is 33.3 Å². The van der Waals surface area contributed by atoms with Crippen LogP contribution >= 0.6 is 22.9 Å². The molecule has 13 heteroatoms. The third-order valence-corrected chi connectivity index (χ3v) is 7.68. The molecule has 42 heavy (non-hydrogen) atoms. The quantitative estimate of drug-likeness (QED) is 0.233. The van der Waals surface area contributed by atoms with Gasteiger partial charge >= 0.3 is 0 Å². The van der Waals surface area contributed by atoms with Crippen LogP contribution in [0.2, 0.25) is 5.02 Å². The number of nitrogens with two attached hydrogens (primary N) is 1. The number of ether oxygens (including phenoxy) is 1. The molecular weight excluding hydrogens is 583 g/mol. The zero-order valence-electron chi connectivity index (χ0n) is 22.4. The fourth-order valence-corrected chi connectivity index (χ4v) is 5.36. The van der Waals surface area contributed by atoms with Crippen molar-refractivity contribution >= 4 is 40.4 Å². The van der Waals surface area contributed by atoms with Crippen molar-refractivity contribution in [2.24, 2.45) is 5.73 Å². The lowest BCUT2D eigenvalue weighted by Gasteiger charge is -2.21. The molecule has 5 aromatic rings. The summed E-state index contributed by atoms with van der Waals surface area (Å²) in [5.74, 6) is -2.05. The van der Waals surface area contributed by atoms with Gasteiger partial charge in [0.15, 0.2) is 0 Å². The highest BCUT2D eigenvalue weighted by Crippen LogP contribution is 2.36. The van der Waals surface area contributed by atoms with Gasteiger partial charge in [0.1, 0.15) is 23.3 Å². The van der Waals surface area contributed by atoms with Crippen LogP contribution in [0.4, 0.5) is 10.1 Å². The molecule has 3 N–H and O–H groups in total. The second kappa shape index (κ2) is 12.0. The van der Waals surface area contributed by atoms with E-state index in [1.807, 2.05) is 17.5 Å². The molecule has 214 valence electrons. The van der Waals surface area contributed by atoms with E-state index in [4.69, 9.17) is 22.1 Å². The van der Waals surface area contributed by atoms with Crippen molar-refractivity contribution in [2.45, 2.75) is 19.4 Å². The molecule has 3 heterocycles. The summed E-state index contributed by atoms with van der Waals surface area (Å²) >= 11 is 7.90. The molecule has 1 atom stereocenters. The number of carbonyl (C=O) groups excluding carboxylic acids is 2. The highest BCUT2D eigenvalue weighted by Gasteiger charge is 2.24. The summed E-state index contributed by atoms with van der Waals surface area (Å²) in [6.45, 7) is 1.73. The highest BCUT2D eigenvalue weighted by molar-refractivity contribution is 7.13. The monoisotopic (exact) mass is 606 g/mol. The Morgan fingerprint density at radius 2 is 1.95 bits per heavy atom.